The average molecular weight is 385 g/mol. The minimum Gasteiger partial charge on any atom is -0.497 e. The zero-order valence-corrected chi connectivity index (χ0v) is 15.3. The number of piperazine rings is 1. The summed E-state index contributed by atoms with van der Waals surface area (Å²) in [6.45, 7) is 0.554. The van der Waals surface area contributed by atoms with Crippen molar-refractivity contribution in [3.63, 3.8) is 0 Å². The van der Waals surface area contributed by atoms with Crippen LogP contribution in [0.15, 0.2) is 48.5 Å². The summed E-state index contributed by atoms with van der Waals surface area (Å²) in [6.07, 6.45) is -0.198. The minimum atomic E-state index is -0.947. The zero-order valence-electron chi connectivity index (χ0n) is 15.3. The summed E-state index contributed by atoms with van der Waals surface area (Å²) in [5.74, 6) is -1.10. The third-order valence-electron chi connectivity index (χ3n) is 4.42. The second-order valence-corrected chi connectivity index (χ2v) is 6.30. The Labute approximate surface area is 161 Å². The van der Waals surface area contributed by atoms with Gasteiger partial charge < -0.3 is 20.3 Å². The molecule has 8 heteroatoms. The van der Waals surface area contributed by atoms with Crippen LogP contribution in [0, 0.1) is 5.82 Å². The first-order chi connectivity index (χ1) is 13.5. The van der Waals surface area contributed by atoms with Crippen molar-refractivity contribution in [1.82, 2.24) is 10.2 Å². The number of benzene rings is 2. The average Bonchev–Trinajstić information content (AvgIpc) is 2.69. The maximum absolute atomic E-state index is 13.1. The number of methoxy groups -OCH3 is 1. The Morgan fingerprint density at radius 2 is 2.00 bits per heavy atom. The molecule has 1 aliphatic rings. The summed E-state index contributed by atoms with van der Waals surface area (Å²) < 4.78 is 18.2. The highest BCUT2D eigenvalue weighted by Gasteiger charge is 2.35. The van der Waals surface area contributed by atoms with Gasteiger partial charge in [0.15, 0.2) is 0 Å². The molecule has 2 aromatic carbocycles. The van der Waals surface area contributed by atoms with Gasteiger partial charge in [0.25, 0.3) is 5.91 Å². The molecule has 0 aromatic heterocycles. The molecule has 28 heavy (non-hydrogen) atoms. The summed E-state index contributed by atoms with van der Waals surface area (Å²) in [5.41, 5.74) is 0.784. The highest BCUT2D eigenvalue weighted by molar-refractivity contribution is 6.01. The number of hydrogen-bond acceptors (Lipinski definition) is 4. The number of nitrogens with zero attached hydrogens (tertiary/aromatic N) is 1. The minimum absolute atomic E-state index is 0.198. The Morgan fingerprint density at radius 3 is 2.71 bits per heavy atom. The van der Waals surface area contributed by atoms with Gasteiger partial charge in [-0.1, -0.05) is 6.07 Å². The van der Waals surface area contributed by atoms with Crippen LogP contribution in [0.25, 0.3) is 0 Å². The maximum Gasteiger partial charge on any atom is 0.254 e. The van der Waals surface area contributed by atoms with Crippen LogP contribution in [-0.2, 0) is 9.59 Å². The fraction of sp³-hybridized carbons (Fsp3) is 0.250. The van der Waals surface area contributed by atoms with Gasteiger partial charge >= 0.3 is 0 Å². The van der Waals surface area contributed by atoms with Gasteiger partial charge in [0.2, 0.25) is 11.8 Å². The van der Waals surface area contributed by atoms with Gasteiger partial charge in [-0.2, -0.15) is 0 Å². The van der Waals surface area contributed by atoms with Crippen molar-refractivity contribution in [1.29, 1.82) is 0 Å². The molecule has 0 unspecified atom stereocenters. The third kappa shape index (κ3) is 4.46. The summed E-state index contributed by atoms with van der Waals surface area (Å²) in [6, 6.07) is 11.0. The Kier molecular flexibility index (Phi) is 5.88. The molecule has 0 bridgehead atoms. The standard InChI is InChI=1S/C20H20FN3O4/c1-28-16-4-2-3-15(11-16)23-18(25)12-17-19(26)22-9-10-24(17)20(27)13-5-7-14(21)8-6-13/h2-8,11,17H,9-10,12H2,1H3,(H,22,26)(H,23,25)/t17-/m1/s1. The molecule has 1 aliphatic heterocycles. The van der Waals surface area contributed by atoms with E-state index in [9.17, 15) is 18.8 Å². The SMILES string of the molecule is COc1cccc(NC(=O)C[C@@H]2C(=O)NCCN2C(=O)c2ccc(F)cc2)c1. The predicted molar refractivity (Wildman–Crippen MR) is 100 cm³/mol. The first-order valence-corrected chi connectivity index (χ1v) is 8.76. The van der Waals surface area contributed by atoms with Gasteiger partial charge in [0.05, 0.1) is 13.5 Å². The monoisotopic (exact) mass is 385 g/mol. The van der Waals surface area contributed by atoms with Crippen LogP contribution in [0.5, 0.6) is 5.75 Å². The lowest BCUT2D eigenvalue weighted by molar-refractivity contribution is -0.131. The second kappa shape index (κ2) is 8.51. The first kappa shape index (κ1) is 19.3. The highest BCUT2D eigenvalue weighted by Crippen LogP contribution is 2.19. The van der Waals surface area contributed by atoms with Crippen LogP contribution in [0.2, 0.25) is 0 Å². The van der Waals surface area contributed by atoms with E-state index in [2.05, 4.69) is 10.6 Å². The number of hydrogen-bond donors (Lipinski definition) is 2. The fourth-order valence-corrected chi connectivity index (χ4v) is 3.01. The molecule has 3 rings (SSSR count). The normalized spacial score (nSPS) is 16.3. The molecule has 1 fully saturated rings. The van der Waals surface area contributed by atoms with Crippen LogP contribution in [0.1, 0.15) is 16.8 Å². The van der Waals surface area contributed by atoms with Crippen molar-refractivity contribution in [2.75, 3.05) is 25.5 Å². The molecule has 2 aromatic rings. The molecule has 7 nitrogen and oxygen atoms in total. The van der Waals surface area contributed by atoms with Crippen LogP contribution < -0.4 is 15.4 Å². The molecular formula is C20H20FN3O4. The molecule has 1 heterocycles. The van der Waals surface area contributed by atoms with Gasteiger partial charge in [-0.15, -0.1) is 0 Å². The van der Waals surface area contributed by atoms with Gasteiger partial charge in [-0.25, -0.2) is 4.39 Å². The number of halogens is 1. The van der Waals surface area contributed by atoms with Crippen LogP contribution >= 0.6 is 0 Å². The lowest BCUT2D eigenvalue weighted by Crippen LogP contribution is -2.58. The van der Waals surface area contributed by atoms with Crippen molar-refractivity contribution in [3.8, 4) is 5.75 Å². The molecule has 2 N–H and O–H groups in total. The van der Waals surface area contributed by atoms with E-state index < -0.39 is 29.6 Å². The van der Waals surface area contributed by atoms with E-state index in [4.69, 9.17) is 4.74 Å². The molecule has 146 valence electrons. The van der Waals surface area contributed by atoms with Gasteiger partial charge in [-0.3, -0.25) is 14.4 Å². The van der Waals surface area contributed by atoms with Crippen molar-refractivity contribution in [3.05, 3.63) is 59.9 Å². The van der Waals surface area contributed by atoms with E-state index >= 15 is 0 Å². The summed E-state index contributed by atoms with van der Waals surface area (Å²) in [5, 5.41) is 5.38. The molecule has 0 aliphatic carbocycles. The number of carbonyl (C=O) groups is 3. The zero-order chi connectivity index (χ0) is 20.1. The van der Waals surface area contributed by atoms with E-state index in [0.29, 0.717) is 18.0 Å². The van der Waals surface area contributed by atoms with Gasteiger partial charge in [-0.05, 0) is 36.4 Å². The van der Waals surface area contributed by atoms with Crippen LogP contribution in [0.4, 0.5) is 10.1 Å². The lowest BCUT2D eigenvalue weighted by atomic mass is 10.1. The Bertz CT molecular complexity index is 885. The number of nitrogens with one attached hydrogen (secondary N) is 2. The van der Waals surface area contributed by atoms with Gasteiger partial charge in [0.1, 0.15) is 17.6 Å². The summed E-state index contributed by atoms with van der Waals surface area (Å²) >= 11 is 0. The molecule has 0 saturated carbocycles. The highest BCUT2D eigenvalue weighted by atomic mass is 19.1. The first-order valence-electron chi connectivity index (χ1n) is 8.76. The molecule has 0 radical (unpaired) electrons. The smallest absolute Gasteiger partial charge is 0.254 e. The van der Waals surface area contributed by atoms with E-state index in [-0.39, 0.29) is 18.5 Å². The fourth-order valence-electron chi connectivity index (χ4n) is 3.01. The predicted octanol–water partition coefficient (Wildman–Crippen LogP) is 1.80. The molecule has 1 saturated heterocycles. The van der Waals surface area contributed by atoms with Crippen molar-refractivity contribution >= 4 is 23.4 Å². The quantitative estimate of drug-likeness (QED) is 0.822. The number of ether oxygens (including phenoxy) is 1. The van der Waals surface area contributed by atoms with E-state index in [0.717, 1.165) is 0 Å². The molecular weight excluding hydrogens is 365 g/mol. The van der Waals surface area contributed by atoms with E-state index in [1.165, 1.54) is 36.3 Å². The van der Waals surface area contributed by atoms with Gasteiger partial charge in [0, 0.05) is 30.4 Å². The Hall–Kier alpha value is -3.42. The Balaban J connectivity index is 1.73. The molecule has 3 amide bonds. The van der Waals surface area contributed by atoms with E-state index in [1.807, 2.05) is 0 Å². The van der Waals surface area contributed by atoms with Crippen LogP contribution in [-0.4, -0.2) is 48.9 Å². The third-order valence-corrected chi connectivity index (χ3v) is 4.42. The number of anilines is 1. The molecule has 0 spiro atoms. The number of amides is 3. The summed E-state index contributed by atoms with van der Waals surface area (Å²) in [7, 11) is 1.52. The van der Waals surface area contributed by atoms with Crippen molar-refractivity contribution in [2.45, 2.75) is 12.5 Å². The Morgan fingerprint density at radius 1 is 1.25 bits per heavy atom. The van der Waals surface area contributed by atoms with Crippen molar-refractivity contribution in [2.24, 2.45) is 0 Å². The number of rotatable bonds is 5. The number of carbonyl (C=O) groups excluding carboxylic acids is 3. The molecule has 1 atom stereocenters. The summed E-state index contributed by atoms with van der Waals surface area (Å²) in [4.78, 5) is 38.9. The lowest BCUT2D eigenvalue weighted by Gasteiger charge is -2.34. The van der Waals surface area contributed by atoms with Crippen LogP contribution in [0.3, 0.4) is 0 Å². The topological polar surface area (TPSA) is 87.7 Å². The maximum atomic E-state index is 13.1. The largest absolute Gasteiger partial charge is 0.497 e. The second-order valence-electron chi connectivity index (χ2n) is 6.30. The van der Waals surface area contributed by atoms with E-state index in [1.54, 1.807) is 24.3 Å². The van der Waals surface area contributed by atoms with Crippen molar-refractivity contribution < 1.29 is 23.5 Å².